The number of carbonyl (C=O) groups excluding carboxylic acids is 1. The van der Waals surface area contributed by atoms with E-state index in [2.05, 4.69) is 10.2 Å². The zero-order valence-corrected chi connectivity index (χ0v) is 14.5. The Morgan fingerprint density at radius 2 is 1.92 bits per heavy atom. The molecular weight excluding hydrogens is 342 g/mol. The summed E-state index contributed by atoms with van der Waals surface area (Å²) in [6.07, 6.45) is 2.25. The lowest BCUT2D eigenvalue weighted by Crippen LogP contribution is -2.21. The molecule has 0 spiro atoms. The summed E-state index contributed by atoms with van der Waals surface area (Å²) in [5.74, 6) is -0.319. The SMILES string of the molecule is Cc1cc(C(=O)Nc2cc(Cl)ccc2N2CCCC2)ccc1[N+](=O)[O-]. The van der Waals surface area contributed by atoms with E-state index in [9.17, 15) is 14.9 Å². The predicted molar refractivity (Wildman–Crippen MR) is 98.7 cm³/mol. The molecular formula is C18H18ClN3O3. The smallest absolute Gasteiger partial charge is 0.272 e. The lowest BCUT2D eigenvalue weighted by Gasteiger charge is -2.22. The van der Waals surface area contributed by atoms with Crippen LogP contribution in [0.1, 0.15) is 28.8 Å². The summed E-state index contributed by atoms with van der Waals surface area (Å²) in [4.78, 5) is 25.2. The van der Waals surface area contributed by atoms with Gasteiger partial charge in [0, 0.05) is 35.3 Å². The van der Waals surface area contributed by atoms with Crippen LogP contribution in [0, 0.1) is 17.0 Å². The maximum Gasteiger partial charge on any atom is 0.272 e. The van der Waals surface area contributed by atoms with Crippen LogP contribution in [0.4, 0.5) is 17.1 Å². The van der Waals surface area contributed by atoms with Crippen molar-refractivity contribution < 1.29 is 9.72 Å². The predicted octanol–water partition coefficient (Wildman–Crippen LogP) is 4.41. The Balaban J connectivity index is 1.87. The van der Waals surface area contributed by atoms with E-state index >= 15 is 0 Å². The molecule has 0 bridgehead atoms. The molecule has 7 heteroatoms. The number of benzene rings is 2. The highest BCUT2D eigenvalue weighted by Gasteiger charge is 2.19. The zero-order chi connectivity index (χ0) is 18.0. The number of nitro groups is 1. The van der Waals surface area contributed by atoms with Crippen LogP contribution in [0.15, 0.2) is 36.4 Å². The van der Waals surface area contributed by atoms with Crippen LogP contribution in [-0.4, -0.2) is 23.9 Å². The quantitative estimate of drug-likeness (QED) is 0.648. The molecule has 130 valence electrons. The van der Waals surface area contributed by atoms with Gasteiger partial charge in [-0.05, 0) is 50.1 Å². The van der Waals surface area contributed by atoms with Crippen molar-refractivity contribution in [2.45, 2.75) is 19.8 Å². The van der Waals surface area contributed by atoms with Crippen molar-refractivity contribution in [2.75, 3.05) is 23.3 Å². The highest BCUT2D eigenvalue weighted by atomic mass is 35.5. The van der Waals surface area contributed by atoms with Gasteiger partial charge in [-0.2, -0.15) is 0 Å². The summed E-state index contributed by atoms with van der Waals surface area (Å²) in [6, 6.07) is 9.77. The number of nitrogens with zero attached hydrogens (tertiary/aromatic N) is 2. The molecule has 0 aromatic heterocycles. The number of halogens is 1. The minimum Gasteiger partial charge on any atom is -0.370 e. The highest BCUT2D eigenvalue weighted by Crippen LogP contribution is 2.32. The second-order valence-electron chi connectivity index (χ2n) is 6.07. The third-order valence-corrected chi connectivity index (χ3v) is 4.54. The number of aryl methyl sites for hydroxylation is 1. The van der Waals surface area contributed by atoms with E-state index < -0.39 is 4.92 Å². The number of rotatable bonds is 4. The highest BCUT2D eigenvalue weighted by molar-refractivity contribution is 6.31. The summed E-state index contributed by atoms with van der Waals surface area (Å²) in [5, 5.41) is 14.3. The van der Waals surface area contributed by atoms with Gasteiger partial charge >= 0.3 is 0 Å². The zero-order valence-electron chi connectivity index (χ0n) is 13.8. The third kappa shape index (κ3) is 3.74. The van der Waals surface area contributed by atoms with Gasteiger partial charge in [0.25, 0.3) is 11.6 Å². The van der Waals surface area contributed by atoms with E-state index in [-0.39, 0.29) is 11.6 Å². The maximum absolute atomic E-state index is 12.6. The van der Waals surface area contributed by atoms with Gasteiger partial charge in [0.1, 0.15) is 0 Å². The standard InChI is InChI=1S/C18H18ClN3O3/c1-12-10-13(4-6-16(12)22(24)25)18(23)20-15-11-14(19)5-7-17(15)21-8-2-3-9-21/h4-7,10-11H,2-3,8-9H2,1H3,(H,20,23). The molecule has 1 aliphatic rings. The molecule has 1 saturated heterocycles. The molecule has 1 aliphatic heterocycles. The van der Waals surface area contributed by atoms with E-state index in [0.29, 0.717) is 21.8 Å². The molecule has 0 unspecified atom stereocenters. The van der Waals surface area contributed by atoms with Crippen molar-refractivity contribution in [3.63, 3.8) is 0 Å². The number of hydrogen-bond donors (Lipinski definition) is 1. The summed E-state index contributed by atoms with van der Waals surface area (Å²) in [7, 11) is 0. The van der Waals surface area contributed by atoms with Gasteiger partial charge in [-0.3, -0.25) is 14.9 Å². The fraction of sp³-hybridized carbons (Fsp3) is 0.278. The Hall–Kier alpha value is -2.60. The van der Waals surface area contributed by atoms with E-state index in [1.807, 2.05) is 6.07 Å². The summed E-state index contributed by atoms with van der Waals surface area (Å²) in [6.45, 7) is 3.51. The van der Waals surface area contributed by atoms with Crippen LogP contribution in [0.5, 0.6) is 0 Å². The van der Waals surface area contributed by atoms with Crippen LogP contribution in [0.3, 0.4) is 0 Å². The summed E-state index contributed by atoms with van der Waals surface area (Å²) >= 11 is 6.09. The Morgan fingerprint density at radius 3 is 2.56 bits per heavy atom. The molecule has 2 aromatic carbocycles. The van der Waals surface area contributed by atoms with Crippen molar-refractivity contribution in [3.8, 4) is 0 Å². The number of amides is 1. The second kappa shape index (κ2) is 7.11. The molecule has 25 heavy (non-hydrogen) atoms. The molecule has 0 saturated carbocycles. The molecule has 1 fully saturated rings. The molecule has 1 amide bonds. The largest absolute Gasteiger partial charge is 0.370 e. The van der Waals surface area contributed by atoms with Gasteiger partial charge in [-0.15, -0.1) is 0 Å². The Labute approximate surface area is 150 Å². The van der Waals surface area contributed by atoms with Gasteiger partial charge in [0.2, 0.25) is 0 Å². The first-order valence-electron chi connectivity index (χ1n) is 8.06. The molecule has 3 rings (SSSR count). The molecule has 2 aromatic rings. The molecule has 0 atom stereocenters. The Bertz CT molecular complexity index is 832. The fourth-order valence-corrected chi connectivity index (χ4v) is 3.21. The first kappa shape index (κ1) is 17.2. The Morgan fingerprint density at radius 1 is 1.20 bits per heavy atom. The first-order valence-corrected chi connectivity index (χ1v) is 8.44. The molecule has 1 heterocycles. The van der Waals surface area contributed by atoms with Gasteiger partial charge in [0.15, 0.2) is 0 Å². The van der Waals surface area contributed by atoms with Gasteiger partial charge < -0.3 is 10.2 Å². The van der Waals surface area contributed by atoms with Crippen LogP contribution >= 0.6 is 11.6 Å². The van der Waals surface area contributed by atoms with Crippen molar-refractivity contribution in [1.82, 2.24) is 0 Å². The lowest BCUT2D eigenvalue weighted by atomic mass is 10.1. The topological polar surface area (TPSA) is 75.5 Å². The van der Waals surface area contributed by atoms with Crippen molar-refractivity contribution in [1.29, 1.82) is 0 Å². The van der Waals surface area contributed by atoms with Crippen LogP contribution in [0.25, 0.3) is 0 Å². The average Bonchev–Trinajstić information content (AvgIpc) is 3.08. The maximum atomic E-state index is 12.6. The fourth-order valence-electron chi connectivity index (χ4n) is 3.04. The lowest BCUT2D eigenvalue weighted by molar-refractivity contribution is -0.385. The molecule has 1 N–H and O–H groups in total. The van der Waals surface area contributed by atoms with Crippen molar-refractivity contribution in [2.24, 2.45) is 0 Å². The van der Waals surface area contributed by atoms with Gasteiger partial charge in [-0.25, -0.2) is 0 Å². The van der Waals surface area contributed by atoms with E-state index in [1.165, 1.54) is 18.2 Å². The average molecular weight is 360 g/mol. The van der Waals surface area contributed by atoms with Gasteiger partial charge in [-0.1, -0.05) is 11.6 Å². The summed E-state index contributed by atoms with van der Waals surface area (Å²) < 4.78 is 0. The molecule has 6 nitrogen and oxygen atoms in total. The van der Waals surface area contributed by atoms with Crippen molar-refractivity contribution >= 4 is 34.6 Å². The first-order chi connectivity index (χ1) is 12.0. The monoisotopic (exact) mass is 359 g/mol. The van der Waals surface area contributed by atoms with Crippen molar-refractivity contribution in [3.05, 3.63) is 62.7 Å². The number of hydrogen-bond acceptors (Lipinski definition) is 4. The second-order valence-corrected chi connectivity index (χ2v) is 6.50. The van der Waals surface area contributed by atoms with E-state index in [1.54, 1.807) is 19.1 Å². The van der Waals surface area contributed by atoms with Crippen LogP contribution < -0.4 is 10.2 Å². The minimum atomic E-state index is -0.459. The molecule has 0 aliphatic carbocycles. The number of anilines is 2. The summed E-state index contributed by atoms with van der Waals surface area (Å²) in [5.41, 5.74) is 2.40. The molecule has 0 radical (unpaired) electrons. The van der Waals surface area contributed by atoms with E-state index in [4.69, 9.17) is 11.6 Å². The van der Waals surface area contributed by atoms with Gasteiger partial charge in [0.05, 0.1) is 16.3 Å². The Kier molecular flexibility index (Phi) is 4.90. The number of carbonyl (C=O) groups is 1. The number of nitro benzene ring substituents is 1. The van der Waals surface area contributed by atoms with Crippen LogP contribution in [-0.2, 0) is 0 Å². The number of nitrogens with one attached hydrogen (secondary N) is 1. The third-order valence-electron chi connectivity index (χ3n) is 4.31. The normalized spacial score (nSPS) is 13.8. The van der Waals surface area contributed by atoms with E-state index in [0.717, 1.165) is 31.6 Å². The van der Waals surface area contributed by atoms with Crippen LogP contribution in [0.2, 0.25) is 5.02 Å². The minimum absolute atomic E-state index is 0.00272.